The van der Waals surface area contributed by atoms with Gasteiger partial charge in [-0.15, -0.1) is 12.4 Å². The summed E-state index contributed by atoms with van der Waals surface area (Å²) in [7, 11) is 1.62. The molecule has 0 bridgehead atoms. The van der Waals surface area contributed by atoms with Crippen LogP contribution in [-0.4, -0.2) is 24.2 Å². The van der Waals surface area contributed by atoms with E-state index >= 15 is 0 Å². The Balaban J connectivity index is 0. The average Bonchev–Trinajstić information content (AvgIpc) is 1.67. The largest absolute Gasteiger partial charge is 0.480 e. The molecule has 0 heterocycles. The summed E-state index contributed by atoms with van der Waals surface area (Å²) in [5.41, 5.74) is 5.01. The minimum atomic E-state index is -0.862. The van der Waals surface area contributed by atoms with Crippen LogP contribution < -0.4 is 10.9 Å². The van der Waals surface area contributed by atoms with Gasteiger partial charge in [-0.2, -0.15) is 0 Å². The van der Waals surface area contributed by atoms with Crippen molar-refractivity contribution >= 4 is 18.4 Å². The minimum absolute atomic E-state index is 0. The van der Waals surface area contributed by atoms with Gasteiger partial charge in [-0.3, -0.25) is 10.2 Å². The number of hydrogen-bond donors (Lipinski definition) is 3. The molecule has 0 aliphatic heterocycles. The van der Waals surface area contributed by atoms with E-state index in [-0.39, 0.29) is 12.4 Å². The lowest BCUT2D eigenvalue weighted by Crippen LogP contribution is -2.41. The molecule has 0 aliphatic rings. The number of halogens is 1. The highest BCUT2D eigenvalue weighted by Crippen LogP contribution is 1.74. The molecule has 4 nitrogen and oxygen atoms in total. The molecule has 0 saturated carbocycles. The molecule has 0 aromatic heterocycles. The highest BCUT2D eigenvalue weighted by atomic mass is 35.5. The van der Waals surface area contributed by atoms with Crippen molar-refractivity contribution in [3.63, 3.8) is 0 Å². The molecular formula is C4H11ClN2O2. The van der Waals surface area contributed by atoms with Crippen LogP contribution >= 0.6 is 12.4 Å². The fourth-order valence-electron chi connectivity index (χ4n) is 0.278. The van der Waals surface area contributed by atoms with Crippen LogP contribution in [0.1, 0.15) is 6.92 Å². The van der Waals surface area contributed by atoms with Gasteiger partial charge in [-0.1, -0.05) is 0 Å². The maximum atomic E-state index is 9.99. The molecule has 56 valence electrons. The molecule has 5 heteroatoms. The Morgan fingerprint density at radius 1 is 1.67 bits per heavy atom. The van der Waals surface area contributed by atoms with Crippen LogP contribution in [0.25, 0.3) is 0 Å². The van der Waals surface area contributed by atoms with E-state index in [1.807, 2.05) is 0 Å². The molecule has 0 radical (unpaired) electrons. The fourth-order valence-corrected chi connectivity index (χ4v) is 0.278. The zero-order chi connectivity index (χ0) is 6.57. The first-order chi connectivity index (χ1) is 3.68. The maximum Gasteiger partial charge on any atom is 0.321 e. The molecule has 3 N–H and O–H groups in total. The number of carbonyl (C=O) groups is 1. The minimum Gasteiger partial charge on any atom is -0.480 e. The summed E-state index contributed by atoms with van der Waals surface area (Å²) < 4.78 is 0. The zero-order valence-electron chi connectivity index (χ0n) is 5.34. The van der Waals surface area contributed by atoms with Gasteiger partial charge in [0.05, 0.1) is 0 Å². The second kappa shape index (κ2) is 5.81. The van der Waals surface area contributed by atoms with Crippen molar-refractivity contribution < 1.29 is 9.90 Å². The summed E-state index contributed by atoms with van der Waals surface area (Å²) in [5.74, 6) is -0.862. The van der Waals surface area contributed by atoms with Crippen molar-refractivity contribution in [1.82, 2.24) is 10.9 Å². The molecule has 0 aliphatic carbocycles. The standard InChI is InChI=1S/C4H10N2O2.ClH/c1-3(4(7)8)6-5-2;/h3,5-6H,1-2H3,(H,7,8);1H/t3-;/m1./s1. The molecule has 0 fully saturated rings. The van der Waals surface area contributed by atoms with Gasteiger partial charge in [0, 0.05) is 0 Å². The monoisotopic (exact) mass is 154 g/mol. The third-order valence-corrected chi connectivity index (χ3v) is 0.731. The Bertz CT molecular complexity index is 88.6. The summed E-state index contributed by atoms with van der Waals surface area (Å²) in [6, 6.07) is -0.528. The van der Waals surface area contributed by atoms with Crippen molar-refractivity contribution in [2.24, 2.45) is 0 Å². The van der Waals surface area contributed by atoms with Crippen LogP contribution in [0.4, 0.5) is 0 Å². The lowest BCUT2D eigenvalue weighted by Gasteiger charge is -2.04. The van der Waals surface area contributed by atoms with Gasteiger partial charge in [0.2, 0.25) is 0 Å². The van der Waals surface area contributed by atoms with Crippen LogP contribution in [0.2, 0.25) is 0 Å². The third kappa shape index (κ3) is 5.55. The summed E-state index contributed by atoms with van der Waals surface area (Å²) >= 11 is 0. The highest BCUT2D eigenvalue weighted by Gasteiger charge is 2.06. The second-order valence-corrected chi connectivity index (χ2v) is 1.45. The van der Waals surface area contributed by atoms with Gasteiger partial charge in [-0.05, 0) is 14.0 Å². The van der Waals surface area contributed by atoms with Gasteiger partial charge in [0.15, 0.2) is 0 Å². The average molecular weight is 155 g/mol. The van der Waals surface area contributed by atoms with Crippen molar-refractivity contribution in [3.8, 4) is 0 Å². The number of rotatable bonds is 3. The van der Waals surface area contributed by atoms with Crippen LogP contribution in [0, 0.1) is 0 Å². The Kier molecular flexibility index (Phi) is 7.41. The van der Waals surface area contributed by atoms with Crippen LogP contribution in [0.5, 0.6) is 0 Å². The van der Waals surface area contributed by atoms with Gasteiger partial charge in [0.1, 0.15) is 6.04 Å². The number of hydrazine groups is 1. The molecule has 0 saturated heterocycles. The number of carboxylic acids is 1. The lowest BCUT2D eigenvalue weighted by molar-refractivity contribution is -0.139. The molecule has 0 spiro atoms. The summed E-state index contributed by atoms with van der Waals surface area (Å²) in [6.45, 7) is 1.55. The molecule has 9 heavy (non-hydrogen) atoms. The predicted octanol–water partition coefficient (Wildman–Crippen LogP) is -0.395. The molecule has 1 atom stereocenters. The van der Waals surface area contributed by atoms with E-state index in [9.17, 15) is 4.79 Å². The number of carboxylic acid groups (broad SMARTS) is 1. The van der Waals surface area contributed by atoms with Crippen molar-refractivity contribution in [2.45, 2.75) is 13.0 Å². The highest BCUT2D eigenvalue weighted by molar-refractivity contribution is 5.85. The molecular weight excluding hydrogens is 144 g/mol. The van der Waals surface area contributed by atoms with Crippen LogP contribution in [0.3, 0.4) is 0 Å². The molecule has 0 amide bonds. The summed E-state index contributed by atoms with van der Waals surface area (Å²) in [5, 5.41) is 8.21. The number of aliphatic carboxylic acids is 1. The van der Waals surface area contributed by atoms with Crippen molar-refractivity contribution in [2.75, 3.05) is 7.05 Å². The summed E-state index contributed by atoms with van der Waals surface area (Å²) in [6.07, 6.45) is 0. The normalized spacial score (nSPS) is 11.8. The maximum absolute atomic E-state index is 9.99. The smallest absolute Gasteiger partial charge is 0.321 e. The Morgan fingerprint density at radius 2 is 2.11 bits per heavy atom. The molecule has 0 rings (SSSR count). The van der Waals surface area contributed by atoms with Gasteiger partial charge < -0.3 is 5.11 Å². The molecule has 0 aromatic carbocycles. The van der Waals surface area contributed by atoms with E-state index in [1.54, 1.807) is 14.0 Å². The van der Waals surface area contributed by atoms with E-state index in [0.717, 1.165) is 0 Å². The Hall–Kier alpha value is -0.320. The Labute approximate surface area is 60.0 Å². The second-order valence-electron chi connectivity index (χ2n) is 1.45. The van der Waals surface area contributed by atoms with E-state index in [0.29, 0.717) is 0 Å². The van der Waals surface area contributed by atoms with Gasteiger partial charge in [-0.25, -0.2) is 5.43 Å². The zero-order valence-corrected chi connectivity index (χ0v) is 6.16. The predicted molar refractivity (Wildman–Crippen MR) is 36.5 cm³/mol. The number of hydrogen-bond acceptors (Lipinski definition) is 3. The molecule has 0 aromatic rings. The van der Waals surface area contributed by atoms with Gasteiger partial charge >= 0.3 is 5.97 Å². The van der Waals surface area contributed by atoms with Crippen molar-refractivity contribution in [1.29, 1.82) is 0 Å². The Morgan fingerprint density at radius 3 is 2.22 bits per heavy atom. The van der Waals surface area contributed by atoms with E-state index in [1.165, 1.54) is 0 Å². The third-order valence-electron chi connectivity index (χ3n) is 0.731. The SMILES string of the molecule is CNN[C@H](C)C(=O)O.Cl. The van der Waals surface area contributed by atoms with Crippen molar-refractivity contribution in [3.05, 3.63) is 0 Å². The van der Waals surface area contributed by atoms with E-state index in [2.05, 4.69) is 10.9 Å². The quantitative estimate of drug-likeness (QED) is 0.485. The van der Waals surface area contributed by atoms with Crippen LogP contribution in [-0.2, 0) is 4.79 Å². The first kappa shape index (κ1) is 11.5. The lowest BCUT2D eigenvalue weighted by atomic mass is 10.4. The van der Waals surface area contributed by atoms with E-state index in [4.69, 9.17) is 5.11 Å². The van der Waals surface area contributed by atoms with Gasteiger partial charge in [0.25, 0.3) is 0 Å². The molecule has 0 unspecified atom stereocenters. The first-order valence-corrected chi connectivity index (χ1v) is 2.33. The topological polar surface area (TPSA) is 61.4 Å². The van der Waals surface area contributed by atoms with Crippen LogP contribution in [0.15, 0.2) is 0 Å². The number of nitrogens with one attached hydrogen (secondary N) is 2. The first-order valence-electron chi connectivity index (χ1n) is 2.33. The van der Waals surface area contributed by atoms with E-state index < -0.39 is 12.0 Å². The fraction of sp³-hybridized carbons (Fsp3) is 0.750. The summed E-state index contributed by atoms with van der Waals surface area (Å²) in [4.78, 5) is 9.99.